The molecule has 0 aromatic heterocycles. The lowest BCUT2D eigenvalue weighted by Gasteiger charge is -2.16. The largest absolute Gasteiger partial charge is 0.393 e. The lowest BCUT2D eigenvalue weighted by Crippen LogP contribution is -2.14. The van der Waals surface area contributed by atoms with Gasteiger partial charge in [0, 0.05) is 10.6 Å². The van der Waals surface area contributed by atoms with Crippen LogP contribution < -0.4 is 0 Å². The molecule has 1 saturated carbocycles. The van der Waals surface area contributed by atoms with Gasteiger partial charge in [0.05, 0.1) is 12.2 Å². The number of thiol groups is 1. The van der Waals surface area contributed by atoms with Crippen LogP contribution in [0.1, 0.15) is 39.5 Å². The maximum absolute atomic E-state index is 9.83. The molecule has 106 valence electrons. The fourth-order valence-corrected chi connectivity index (χ4v) is 3.55. The van der Waals surface area contributed by atoms with Crippen LogP contribution in [0.2, 0.25) is 0 Å². The number of hydrogen-bond acceptors (Lipinski definition) is 3. The first-order chi connectivity index (χ1) is 8.41. The van der Waals surface area contributed by atoms with Gasteiger partial charge < -0.3 is 10.2 Å². The minimum atomic E-state index is -0.425. The summed E-state index contributed by atoms with van der Waals surface area (Å²) in [6, 6.07) is 0. The van der Waals surface area contributed by atoms with Crippen LogP contribution in [0, 0.1) is 11.8 Å². The molecule has 0 radical (unpaired) electrons. The van der Waals surface area contributed by atoms with E-state index < -0.39 is 6.10 Å². The van der Waals surface area contributed by atoms with Gasteiger partial charge in [-0.2, -0.15) is 12.6 Å². The summed E-state index contributed by atoms with van der Waals surface area (Å²) in [5, 5.41) is 19.5. The van der Waals surface area contributed by atoms with Crippen LogP contribution in [-0.2, 0) is 0 Å². The molecule has 0 aromatic carbocycles. The van der Waals surface area contributed by atoms with Crippen LogP contribution in [0.15, 0.2) is 12.2 Å². The highest BCUT2D eigenvalue weighted by Crippen LogP contribution is 2.39. The number of alkyl halides is 1. The molecule has 6 atom stereocenters. The summed E-state index contributed by atoms with van der Waals surface area (Å²) in [4.78, 5) is 0. The minimum Gasteiger partial charge on any atom is -0.393 e. The number of allylic oxidation sites excluding steroid dienone is 1. The summed E-state index contributed by atoms with van der Waals surface area (Å²) < 4.78 is 0. The maximum atomic E-state index is 9.83. The van der Waals surface area contributed by atoms with Crippen molar-refractivity contribution in [3.05, 3.63) is 12.2 Å². The van der Waals surface area contributed by atoms with Crippen molar-refractivity contribution in [3.63, 3.8) is 0 Å². The number of rotatable bonds is 6. The van der Waals surface area contributed by atoms with E-state index in [4.69, 9.17) is 16.7 Å². The first-order valence-electron chi connectivity index (χ1n) is 6.78. The molecule has 0 aromatic rings. The van der Waals surface area contributed by atoms with Gasteiger partial charge in [-0.25, -0.2) is 0 Å². The van der Waals surface area contributed by atoms with Gasteiger partial charge in [0.25, 0.3) is 0 Å². The Morgan fingerprint density at radius 3 is 2.56 bits per heavy atom. The molecule has 0 amide bonds. The van der Waals surface area contributed by atoms with Crippen LogP contribution in [0.5, 0.6) is 0 Å². The fraction of sp³-hybridized carbons (Fsp3) is 0.857. The monoisotopic (exact) mass is 292 g/mol. The van der Waals surface area contributed by atoms with E-state index in [0.29, 0.717) is 23.5 Å². The second kappa shape index (κ2) is 7.78. The van der Waals surface area contributed by atoms with Crippen LogP contribution in [0.4, 0.5) is 0 Å². The normalized spacial score (nSPS) is 36.1. The zero-order valence-electron chi connectivity index (χ0n) is 11.2. The van der Waals surface area contributed by atoms with Crippen LogP contribution in [0.25, 0.3) is 0 Å². The second-order valence-corrected chi connectivity index (χ2v) is 6.71. The summed E-state index contributed by atoms with van der Waals surface area (Å²) >= 11 is 10.8. The summed E-state index contributed by atoms with van der Waals surface area (Å²) in [5.41, 5.74) is 0. The number of aliphatic hydroxyl groups is 2. The fourth-order valence-electron chi connectivity index (χ4n) is 2.47. The quantitative estimate of drug-likeness (QED) is 0.400. The molecule has 18 heavy (non-hydrogen) atoms. The highest BCUT2D eigenvalue weighted by molar-refractivity contribution is 7.81. The Bertz CT molecular complexity index is 271. The Morgan fingerprint density at radius 1 is 1.39 bits per heavy atom. The highest BCUT2D eigenvalue weighted by Gasteiger charge is 2.36. The SMILES string of the molecule is C[C@@H]1[C@@H](/C=C/[C@@H](O)CCC[C@@H](C)O)[C@H](S)C[C@H]1Cl. The van der Waals surface area contributed by atoms with Crippen LogP contribution >= 0.6 is 24.2 Å². The Morgan fingerprint density at radius 2 is 2.06 bits per heavy atom. The number of hydrogen-bond donors (Lipinski definition) is 3. The van der Waals surface area contributed by atoms with E-state index in [0.717, 1.165) is 19.3 Å². The lowest BCUT2D eigenvalue weighted by atomic mass is 9.96. The first-order valence-corrected chi connectivity index (χ1v) is 7.73. The van der Waals surface area contributed by atoms with E-state index in [1.54, 1.807) is 6.92 Å². The molecule has 2 N–H and O–H groups in total. The van der Waals surface area contributed by atoms with Crippen LogP contribution in [0.3, 0.4) is 0 Å². The molecule has 0 spiro atoms. The summed E-state index contributed by atoms with van der Waals surface area (Å²) in [6.45, 7) is 3.91. The zero-order valence-corrected chi connectivity index (χ0v) is 12.8. The van der Waals surface area contributed by atoms with Gasteiger partial charge >= 0.3 is 0 Å². The Hall–Kier alpha value is 0.300. The van der Waals surface area contributed by atoms with Gasteiger partial charge in [0.1, 0.15) is 0 Å². The maximum Gasteiger partial charge on any atom is 0.0721 e. The third kappa shape index (κ3) is 5.12. The average Bonchev–Trinajstić information content (AvgIpc) is 2.50. The Balaban J connectivity index is 2.34. The predicted molar refractivity (Wildman–Crippen MR) is 80.4 cm³/mol. The minimum absolute atomic E-state index is 0.189. The van der Waals surface area contributed by atoms with E-state index in [-0.39, 0.29) is 11.5 Å². The van der Waals surface area contributed by atoms with Crippen molar-refractivity contribution in [1.29, 1.82) is 0 Å². The van der Waals surface area contributed by atoms with Gasteiger partial charge in [-0.05, 0) is 44.4 Å². The summed E-state index contributed by atoms with van der Waals surface area (Å²) in [6.07, 6.45) is 6.43. The van der Waals surface area contributed by atoms with Crippen molar-refractivity contribution in [2.75, 3.05) is 0 Å². The molecule has 0 heterocycles. The van der Waals surface area contributed by atoms with Gasteiger partial charge in [-0.1, -0.05) is 19.1 Å². The second-order valence-electron chi connectivity index (χ2n) is 5.49. The molecule has 1 rings (SSSR count). The molecule has 0 unspecified atom stereocenters. The molecule has 1 fully saturated rings. The van der Waals surface area contributed by atoms with Crippen molar-refractivity contribution in [2.45, 2.75) is 62.4 Å². The van der Waals surface area contributed by atoms with E-state index in [2.05, 4.69) is 25.6 Å². The van der Waals surface area contributed by atoms with Crippen molar-refractivity contribution in [1.82, 2.24) is 0 Å². The van der Waals surface area contributed by atoms with Gasteiger partial charge in [-0.3, -0.25) is 0 Å². The highest BCUT2D eigenvalue weighted by atomic mass is 35.5. The van der Waals surface area contributed by atoms with Gasteiger partial charge in [0.2, 0.25) is 0 Å². The lowest BCUT2D eigenvalue weighted by molar-refractivity contribution is 0.164. The molecule has 1 aliphatic carbocycles. The molecule has 0 aliphatic heterocycles. The van der Waals surface area contributed by atoms with E-state index >= 15 is 0 Å². The Labute approximate surface area is 121 Å². The van der Waals surface area contributed by atoms with Crippen molar-refractivity contribution in [2.24, 2.45) is 11.8 Å². The smallest absolute Gasteiger partial charge is 0.0721 e. The van der Waals surface area contributed by atoms with Gasteiger partial charge in [0.15, 0.2) is 0 Å². The third-order valence-electron chi connectivity index (χ3n) is 3.77. The molecule has 4 heteroatoms. The molecule has 2 nitrogen and oxygen atoms in total. The topological polar surface area (TPSA) is 40.5 Å². The zero-order chi connectivity index (χ0) is 13.7. The van der Waals surface area contributed by atoms with Crippen LogP contribution in [-0.4, -0.2) is 33.0 Å². The van der Waals surface area contributed by atoms with E-state index in [9.17, 15) is 5.11 Å². The Kier molecular flexibility index (Phi) is 7.07. The molecule has 0 bridgehead atoms. The van der Waals surface area contributed by atoms with Crippen molar-refractivity contribution in [3.8, 4) is 0 Å². The van der Waals surface area contributed by atoms with E-state index in [1.807, 2.05) is 6.08 Å². The standard InChI is InChI=1S/C14H25ClO2S/c1-9(16)4-3-5-11(17)6-7-12-10(2)13(15)8-14(12)18/h6-7,9-14,16-18H,3-5,8H2,1-2H3/b7-6+/t9-,10-,11+,12-,13-,14-/m1/s1. The average molecular weight is 293 g/mol. The van der Waals surface area contributed by atoms with Crippen molar-refractivity contribution < 1.29 is 10.2 Å². The van der Waals surface area contributed by atoms with Gasteiger partial charge in [-0.15, -0.1) is 11.6 Å². The van der Waals surface area contributed by atoms with E-state index in [1.165, 1.54) is 0 Å². The number of aliphatic hydroxyl groups excluding tert-OH is 2. The predicted octanol–water partition coefficient (Wildman–Crippen LogP) is 3.02. The molecule has 0 saturated heterocycles. The molecular formula is C14H25ClO2S. The molecular weight excluding hydrogens is 268 g/mol. The third-order valence-corrected chi connectivity index (χ3v) is 4.90. The number of halogens is 1. The molecule has 1 aliphatic rings. The first kappa shape index (κ1) is 16.4. The summed E-state index contributed by atoms with van der Waals surface area (Å²) in [7, 11) is 0. The summed E-state index contributed by atoms with van der Waals surface area (Å²) in [5.74, 6) is 0.761. The van der Waals surface area contributed by atoms with Crippen molar-refractivity contribution >= 4 is 24.2 Å².